The van der Waals surface area contributed by atoms with Crippen molar-refractivity contribution in [2.24, 2.45) is 5.73 Å². The summed E-state index contributed by atoms with van der Waals surface area (Å²) in [5, 5.41) is 0. The monoisotopic (exact) mass is 264 g/mol. The highest BCUT2D eigenvalue weighted by atomic mass is 32.2. The lowest BCUT2D eigenvalue weighted by Gasteiger charge is -2.30. The van der Waals surface area contributed by atoms with Crippen LogP contribution in [0.5, 0.6) is 0 Å². The van der Waals surface area contributed by atoms with Crippen molar-refractivity contribution in [3.8, 4) is 0 Å². The predicted molar refractivity (Wildman–Crippen MR) is 75.7 cm³/mol. The molecule has 1 aliphatic rings. The molecule has 2 N–H and O–H groups in total. The molecule has 1 aromatic carbocycles. The van der Waals surface area contributed by atoms with Gasteiger partial charge in [0.1, 0.15) is 0 Å². The van der Waals surface area contributed by atoms with Crippen molar-refractivity contribution in [1.29, 1.82) is 0 Å². The third kappa shape index (κ3) is 3.75. The van der Waals surface area contributed by atoms with Crippen molar-refractivity contribution in [3.63, 3.8) is 0 Å². The minimum atomic E-state index is 0.230. The summed E-state index contributed by atoms with van der Waals surface area (Å²) in [7, 11) is 0. The average molecular weight is 264 g/mol. The van der Waals surface area contributed by atoms with Gasteiger partial charge in [-0.3, -0.25) is 4.79 Å². The van der Waals surface area contributed by atoms with Gasteiger partial charge in [-0.05, 0) is 31.9 Å². The summed E-state index contributed by atoms with van der Waals surface area (Å²) < 4.78 is 0. The van der Waals surface area contributed by atoms with Crippen LogP contribution in [0, 0.1) is 6.92 Å². The number of thioether (sulfide) groups is 1. The molecule has 1 amide bonds. The highest BCUT2D eigenvalue weighted by Gasteiger charge is 2.20. The number of amides is 1. The Kier molecular flexibility index (Phi) is 4.66. The molecular weight excluding hydrogens is 244 g/mol. The number of likely N-dealkylation sites (tertiary alicyclic amines) is 1. The number of carbonyl (C=O) groups is 1. The van der Waals surface area contributed by atoms with Gasteiger partial charge in [-0.2, -0.15) is 0 Å². The molecule has 18 heavy (non-hydrogen) atoms. The Morgan fingerprint density at radius 1 is 1.44 bits per heavy atom. The molecular formula is C14H20N2OS. The van der Waals surface area contributed by atoms with Crippen LogP contribution >= 0.6 is 11.8 Å². The lowest BCUT2D eigenvalue weighted by atomic mass is 10.1. The summed E-state index contributed by atoms with van der Waals surface area (Å²) in [6.45, 7) is 3.70. The average Bonchev–Trinajstić information content (AvgIpc) is 2.37. The quantitative estimate of drug-likeness (QED) is 0.850. The Labute approximate surface area is 113 Å². The van der Waals surface area contributed by atoms with Gasteiger partial charge in [0.05, 0.1) is 5.75 Å². The third-order valence-corrected chi connectivity index (χ3v) is 4.22. The molecule has 1 fully saturated rings. The highest BCUT2D eigenvalue weighted by molar-refractivity contribution is 8.00. The standard InChI is InChI=1S/C14H20N2OS/c1-11-3-2-4-13(9-11)18-10-14(17)16-7-5-12(15)6-8-16/h2-4,9,12H,5-8,10,15H2,1H3. The van der Waals surface area contributed by atoms with E-state index < -0.39 is 0 Å². The summed E-state index contributed by atoms with van der Waals surface area (Å²) >= 11 is 1.61. The van der Waals surface area contributed by atoms with Gasteiger partial charge in [0.25, 0.3) is 0 Å². The topological polar surface area (TPSA) is 46.3 Å². The van der Waals surface area contributed by atoms with E-state index in [0.717, 1.165) is 30.8 Å². The highest BCUT2D eigenvalue weighted by Crippen LogP contribution is 2.20. The molecule has 0 bridgehead atoms. The van der Waals surface area contributed by atoms with Crippen LogP contribution in [0.4, 0.5) is 0 Å². The number of rotatable bonds is 3. The molecule has 0 unspecified atom stereocenters. The van der Waals surface area contributed by atoms with Crippen LogP contribution in [0.3, 0.4) is 0 Å². The van der Waals surface area contributed by atoms with Crippen LogP contribution in [0.2, 0.25) is 0 Å². The Morgan fingerprint density at radius 3 is 2.83 bits per heavy atom. The lowest BCUT2D eigenvalue weighted by molar-refractivity contribution is -0.129. The fraction of sp³-hybridized carbons (Fsp3) is 0.500. The van der Waals surface area contributed by atoms with Crippen LogP contribution in [-0.2, 0) is 4.79 Å². The maximum absolute atomic E-state index is 12.0. The summed E-state index contributed by atoms with van der Waals surface area (Å²) in [5.74, 6) is 0.756. The van der Waals surface area contributed by atoms with Crippen LogP contribution < -0.4 is 5.73 Å². The first-order chi connectivity index (χ1) is 8.65. The van der Waals surface area contributed by atoms with Crippen LogP contribution in [0.15, 0.2) is 29.2 Å². The number of benzene rings is 1. The fourth-order valence-corrected chi connectivity index (χ4v) is 3.01. The molecule has 0 spiro atoms. The zero-order valence-corrected chi connectivity index (χ0v) is 11.6. The fourth-order valence-electron chi connectivity index (χ4n) is 2.09. The van der Waals surface area contributed by atoms with Gasteiger partial charge in [-0.1, -0.05) is 17.7 Å². The van der Waals surface area contributed by atoms with Gasteiger partial charge in [-0.25, -0.2) is 0 Å². The number of hydrogen-bond donors (Lipinski definition) is 1. The second-order valence-corrected chi connectivity index (χ2v) is 5.87. The van der Waals surface area contributed by atoms with E-state index in [1.165, 1.54) is 5.56 Å². The van der Waals surface area contributed by atoms with Crippen molar-refractivity contribution in [1.82, 2.24) is 4.90 Å². The van der Waals surface area contributed by atoms with Gasteiger partial charge in [0.15, 0.2) is 0 Å². The molecule has 2 rings (SSSR count). The molecule has 4 heteroatoms. The number of carbonyl (C=O) groups excluding carboxylic acids is 1. The SMILES string of the molecule is Cc1cccc(SCC(=O)N2CCC(N)CC2)c1. The van der Waals surface area contributed by atoms with E-state index in [1.807, 2.05) is 11.0 Å². The smallest absolute Gasteiger partial charge is 0.232 e. The first-order valence-electron chi connectivity index (χ1n) is 6.38. The van der Waals surface area contributed by atoms with Crippen molar-refractivity contribution < 1.29 is 4.79 Å². The Morgan fingerprint density at radius 2 is 2.17 bits per heavy atom. The first kappa shape index (κ1) is 13.4. The van der Waals surface area contributed by atoms with Gasteiger partial charge < -0.3 is 10.6 Å². The zero-order valence-electron chi connectivity index (χ0n) is 10.8. The molecule has 98 valence electrons. The van der Waals surface area contributed by atoms with Gasteiger partial charge >= 0.3 is 0 Å². The maximum Gasteiger partial charge on any atom is 0.232 e. The molecule has 1 saturated heterocycles. The van der Waals surface area contributed by atoms with Gasteiger partial charge in [-0.15, -0.1) is 11.8 Å². The maximum atomic E-state index is 12.0. The van der Waals surface area contributed by atoms with Crippen molar-refractivity contribution in [2.45, 2.75) is 30.7 Å². The second-order valence-electron chi connectivity index (χ2n) is 4.82. The number of aryl methyl sites for hydroxylation is 1. The molecule has 1 aliphatic heterocycles. The molecule has 0 saturated carbocycles. The molecule has 1 heterocycles. The Bertz CT molecular complexity index is 414. The van der Waals surface area contributed by atoms with E-state index >= 15 is 0 Å². The van der Waals surface area contributed by atoms with Gasteiger partial charge in [0.2, 0.25) is 5.91 Å². The van der Waals surface area contributed by atoms with Crippen LogP contribution in [0.25, 0.3) is 0 Å². The van der Waals surface area contributed by atoms with E-state index in [1.54, 1.807) is 11.8 Å². The Balaban J connectivity index is 1.81. The predicted octanol–water partition coefficient (Wildman–Crippen LogP) is 2.04. The van der Waals surface area contributed by atoms with Crippen molar-refractivity contribution in [3.05, 3.63) is 29.8 Å². The summed E-state index contributed by atoms with van der Waals surface area (Å²) in [6.07, 6.45) is 1.86. The first-order valence-corrected chi connectivity index (χ1v) is 7.36. The summed E-state index contributed by atoms with van der Waals surface area (Å²) in [4.78, 5) is 15.1. The van der Waals surface area contributed by atoms with Crippen LogP contribution in [-0.4, -0.2) is 35.7 Å². The van der Waals surface area contributed by atoms with E-state index in [-0.39, 0.29) is 11.9 Å². The van der Waals surface area contributed by atoms with Crippen LogP contribution in [0.1, 0.15) is 18.4 Å². The van der Waals surface area contributed by atoms with E-state index in [2.05, 4.69) is 25.1 Å². The van der Waals surface area contributed by atoms with E-state index in [0.29, 0.717) is 5.75 Å². The molecule has 0 atom stereocenters. The number of hydrogen-bond acceptors (Lipinski definition) is 3. The minimum absolute atomic E-state index is 0.230. The number of piperidine rings is 1. The van der Waals surface area contributed by atoms with E-state index in [9.17, 15) is 4.79 Å². The van der Waals surface area contributed by atoms with Crippen molar-refractivity contribution in [2.75, 3.05) is 18.8 Å². The minimum Gasteiger partial charge on any atom is -0.342 e. The largest absolute Gasteiger partial charge is 0.342 e. The molecule has 0 aliphatic carbocycles. The zero-order chi connectivity index (χ0) is 13.0. The third-order valence-electron chi connectivity index (χ3n) is 3.24. The number of nitrogens with two attached hydrogens (primary N) is 1. The summed E-state index contributed by atoms with van der Waals surface area (Å²) in [5.41, 5.74) is 7.07. The number of nitrogens with zero attached hydrogens (tertiary/aromatic N) is 1. The molecule has 0 radical (unpaired) electrons. The molecule has 1 aromatic rings. The summed E-state index contributed by atoms with van der Waals surface area (Å²) in [6, 6.07) is 8.54. The van der Waals surface area contributed by atoms with E-state index in [4.69, 9.17) is 5.73 Å². The lowest BCUT2D eigenvalue weighted by Crippen LogP contribution is -2.43. The molecule has 3 nitrogen and oxygen atoms in total. The normalized spacial score (nSPS) is 16.9. The van der Waals surface area contributed by atoms with Gasteiger partial charge in [0, 0.05) is 24.0 Å². The second kappa shape index (κ2) is 6.25. The Hall–Kier alpha value is -1.00. The van der Waals surface area contributed by atoms with Crippen molar-refractivity contribution >= 4 is 17.7 Å². The molecule has 0 aromatic heterocycles.